The van der Waals surface area contributed by atoms with Crippen molar-refractivity contribution in [2.75, 3.05) is 13.7 Å². The lowest BCUT2D eigenvalue weighted by Gasteiger charge is -2.42. The fourth-order valence-corrected chi connectivity index (χ4v) is 5.14. The molecule has 2 amide bonds. The van der Waals surface area contributed by atoms with Crippen LogP contribution >= 0.6 is 0 Å². The standard InChI is InChI=1S/C22H38N2O6/c1-12(2)7-8-15-21(5,30-15)18-17(27-6)14(9-10-22(18)11-28-22)29-20(26)24-16(13(3)4)19(23)25/h12-18H,7-11H2,1-6H3,(H2,23,25)(H,24,26). The van der Waals surface area contributed by atoms with Gasteiger partial charge in [-0.15, -0.1) is 0 Å². The molecule has 8 heteroatoms. The van der Waals surface area contributed by atoms with Crippen molar-refractivity contribution in [3.8, 4) is 0 Å². The number of hydrogen-bond donors (Lipinski definition) is 2. The summed E-state index contributed by atoms with van der Waals surface area (Å²) in [7, 11) is 1.64. The van der Waals surface area contributed by atoms with Crippen molar-refractivity contribution in [3.63, 3.8) is 0 Å². The van der Waals surface area contributed by atoms with E-state index in [1.54, 1.807) is 7.11 Å². The van der Waals surface area contributed by atoms with E-state index >= 15 is 0 Å². The molecule has 0 aromatic rings. The molecule has 0 aromatic heterocycles. The number of carbonyl (C=O) groups is 2. The second-order valence-corrected chi connectivity index (χ2v) is 10.0. The van der Waals surface area contributed by atoms with Crippen LogP contribution in [0.3, 0.4) is 0 Å². The normalized spacial score (nSPS) is 38.5. The number of carbonyl (C=O) groups excluding carboxylic acids is 2. The minimum atomic E-state index is -0.777. The first kappa shape index (κ1) is 23.3. The first-order valence-electron chi connectivity index (χ1n) is 11.1. The van der Waals surface area contributed by atoms with Crippen molar-refractivity contribution in [3.05, 3.63) is 0 Å². The van der Waals surface area contributed by atoms with Gasteiger partial charge in [-0.1, -0.05) is 27.7 Å². The summed E-state index contributed by atoms with van der Waals surface area (Å²) in [5.41, 5.74) is 4.79. The SMILES string of the molecule is COC1C(OC(=O)NC(C(N)=O)C(C)C)CCC2(CO2)C1C1(C)OC1CCC(C)C. The first-order chi connectivity index (χ1) is 14.0. The van der Waals surface area contributed by atoms with Crippen LogP contribution in [-0.4, -0.2) is 61.3 Å². The number of hydrogen-bond acceptors (Lipinski definition) is 6. The third-order valence-electron chi connectivity index (χ3n) is 7.01. The number of amides is 2. The lowest BCUT2D eigenvalue weighted by atomic mass is 9.68. The molecular weight excluding hydrogens is 388 g/mol. The molecule has 7 unspecified atom stereocenters. The number of epoxide rings is 2. The van der Waals surface area contributed by atoms with Gasteiger partial charge in [-0.05, 0) is 44.4 Å². The van der Waals surface area contributed by atoms with Gasteiger partial charge in [-0.25, -0.2) is 4.79 Å². The number of rotatable bonds is 9. The number of methoxy groups -OCH3 is 1. The molecule has 30 heavy (non-hydrogen) atoms. The summed E-state index contributed by atoms with van der Waals surface area (Å²) in [6.45, 7) is 10.9. The van der Waals surface area contributed by atoms with E-state index in [4.69, 9.17) is 24.7 Å². The van der Waals surface area contributed by atoms with Gasteiger partial charge in [0, 0.05) is 7.11 Å². The summed E-state index contributed by atoms with van der Waals surface area (Å²) in [4.78, 5) is 24.1. The van der Waals surface area contributed by atoms with Crippen molar-refractivity contribution in [2.45, 2.75) is 95.9 Å². The maximum Gasteiger partial charge on any atom is 0.408 e. The summed E-state index contributed by atoms with van der Waals surface area (Å²) < 4.78 is 23.7. The van der Waals surface area contributed by atoms with E-state index in [1.807, 2.05) is 13.8 Å². The van der Waals surface area contributed by atoms with Gasteiger partial charge in [-0.2, -0.15) is 0 Å². The Labute approximate surface area is 179 Å². The van der Waals surface area contributed by atoms with Crippen molar-refractivity contribution in [2.24, 2.45) is 23.5 Å². The topological polar surface area (TPSA) is 116 Å². The molecule has 2 heterocycles. The van der Waals surface area contributed by atoms with Crippen LogP contribution in [0.5, 0.6) is 0 Å². The molecule has 1 aliphatic carbocycles. The Morgan fingerprint density at radius 2 is 1.93 bits per heavy atom. The van der Waals surface area contributed by atoms with E-state index in [1.165, 1.54) is 0 Å². The van der Waals surface area contributed by atoms with Gasteiger partial charge in [0.25, 0.3) is 0 Å². The minimum absolute atomic E-state index is 0.0178. The fourth-order valence-electron chi connectivity index (χ4n) is 5.14. The minimum Gasteiger partial charge on any atom is -0.443 e. The monoisotopic (exact) mass is 426 g/mol. The number of primary amides is 1. The van der Waals surface area contributed by atoms with Crippen molar-refractivity contribution < 1.29 is 28.5 Å². The molecular formula is C22H38N2O6. The van der Waals surface area contributed by atoms with Gasteiger partial charge >= 0.3 is 6.09 Å². The Hall–Kier alpha value is -1.38. The molecule has 0 bridgehead atoms. The quantitative estimate of drug-likeness (QED) is 0.547. The first-order valence-corrected chi connectivity index (χ1v) is 11.1. The van der Waals surface area contributed by atoms with Crippen molar-refractivity contribution >= 4 is 12.0 Å². The molecule has 0 aromatic carbocycles. The zero-order valence-electron chi connectivity index (χ0n) is 19.1. The Morgan fingerprint density at radius 3 is 2.43 bits per heavy atom. The van der Waals surface area contributed by atoms with E-state index in [0.29, 0.717) is 18.9 Å². The second-order valence-electron chi connectivity index (χ2n) is 10.0. The van der Waals surface area contributed by atoms with Crippen LogP contribution in [0.2, 0.25) is 0 Å². The highest BCUT2D eigenvalue weighted by Crippen LogP contribution is 2.59. The molecule has 2 aliphatic heterocycles. The van der Waals surface area contributed by atoms with Gasteiger partial charge in [-0.3, -0.25) is 4.79 Å². The number of nitrogens with two attached hydrogens (primary N) is 1. The number of alkyl carbamates (subject to hydrolysis) is 1. The molecule has 3 aliphatic rings. The maximum absolute atomic E-state index is 12.5. The molecule has 0 radical (unpaired) electrons. The van der Waals surface area contributed by atoms with Gasteiger partial charge in [0.2, 0.25) is 5.91 Å². The average Bonchev–Trinajstić information content (AvgIpc) is 3.56. The molecule has 1 spiro atoms. The molecule has 3 rings (SSSR count). The predicted octanol–water partition coefficient (Wildman–Crippen LogP) is 2.38. The average molecular weight is 427 g/mol. The van der Waals surface area contributed by atoms with Crippen LogP contribution in [0.1, 0.15) is 60.3 Å². The largest absolute Gasteiger partial charge is 0.443 e. The predicted molar refractivity (Wildman–Crippen MR) is 111 cm³/mol. The Balaban J connectivity index is 1.69. The zero-order chi connectivity index (χ0) is 22.3. The summed E-state index contributed by atoms with van der Waals surface area (Å²) in [5, 5.41) is 2.60. The molecule has 8 nitrogen and oxygen atoms in total. The number of ether oxygens (including phenoxy) is 4. The van der Waals surface area contributed by atoms with Crippen LogP contribution in [0.4, 0.5) is 4.79 Å². The van der Waals surface area contributed by atoms with Crippen LogP contribution in [-0.2, 0) is 23.7 Å². The lowest BCUT2D eigenvalue weighted by molar-refractivity contribution is -0.123. The summed E-state index contributed by atoms with van der Waals surface area (Å²) in [6, 6.07) is -0.777. The third kappa shape index (κ3) is 4.60. The highest BCUT2D eigenvalue weighted by atomic mass is 16.6. The molecule has 172 valence electrons. The van der Waals surface area contributed by atoms with E-state index in [-0.39, 0.29) is 35.2 Å². The van der Waals surface area contributed by atoms with Gasteiger partial charge in [0.15, 0.2) is 0 Å². The van der Waals surface area contributed by atoms with Gasteiger partial charge < -0.3 is 30.0 Å². The fraction of sp³-hybridized carbons (Fsp3) is 0.909. The highest BCUT2D eigenvalue weighted by Gasteiger charge is 2.72. The van der Waals surface area contributed by atoms with Crippen molar-refractivity contribution in [1.82, 2.24) is 5.32 Å². The highest BCUT2D eigenvalue weighted by molar-refractivity contribution is 5.84. The van der Waals surface area contributed by atoms with Gasteiger partial charge in [0.05, 0.1) is 18.6 Å². The second kappa shape index (κ2) is 8.63. The van der Waals surface area contributed by atoms with Crippen LogP contribution in [0, 0.1) is 17.8 Å². The molecule has 3 N–H and O–H groups in total. The summed E-state index contributed by atoms with van der Waals surface area (Å²) in [6.07, 6.45) is 2.25. The summed E-state index contributed by atoms with van der Waals surface area (Å²) in [5.74, 6) is -0.108. The molecule has 1 saturated carbocycles. The smallest absolute Gasteiger partial charge is 0.408 e. The number of nitrogens with one attached hydrogen (secondary N) is 1. The Morgan fingerprint density at radius 1 is 1.27 bits per heavy atom. The van der Waals surface area contributed by atoms with Gasteiger partial charge in [0.1, 0.15) is 29.5 Å². The van der Waals surface area contributed by atoms with Crippen LogP contribution in [0.25, 0.3) is 0 Å². The maximum atomic E-state index is 12.5. The third-order valence-corrected chi connectivity index (χ3v) is 7.01. The van der Waals surface area contributed by atoms with E-state index < -0.39 is 24.1 Å². The van der Waals surface area contributed by atoms with Crippen LogP contribution < -0.4 is 11.1 Å². The molecule has 3 fully saturated rings. The van der Waals surface area contributed by atoms with Crippen LogP contribution in [0.15, 0.2) is 0 Å². The lowest BCUT2D eigenvalue weighted by Crippen LogP contribution is -2.57. The summed E-state index contributed by atoms with van der Waals surface area (Å²) >= 11 is 0. The zero-order valence-corrected chi connectivity index (χ0v) is 19.1. The van der Waals surface area contributed by atoms with E-state index in [2.05, 4.69) is 26.1 Å². The van der Waals surface area contributed by atoms with Crippen molar-refractivity contribution in [1.29, 1.82) is 0 Å². The van der Waals surface area contributed by atoms with E-state index in [0.717, 1.165) is 19.3 Å². The Bertz CT molecular complexity index is 650. The molecule has 7 atom stereocenters. The van der Waals surface area contributed by atoms with E-state index in [9.17, 15) is 9.59 Å². The Kier molecular flexibility index (Phi) is 6.70. The molecule has 2 saturated heterocycles.